The number of rotatable bonds is 3. The van der Waals surface area contributed by atoms with E-state index in [2.05, 4.69) is 15.9 Å². The van der Waals surface area contributed by atoms with Crippen molar-refractivity contribution in [3.63, 3.8) is 0 Å². The molecule has 3 rings (SSSR count). The predicted molar refractivity (Wildman–Crippen MR) is 80.4 cm³/mol. The van der Waals surface area contributed by atoms with Crippen LogP contribution in [0.4, 0.5) is 5.69 Å². The van der Waals surface area contributed by atoms with Crippen LogP contribution in [0.25, 0.3) is 0 Å². The van der Waals surface area contributed by atoms with Gasteiger partial charge < -0.3 is 5.73 Å². The first kappa shape index (κ1) is 13.2. The van der Waals surface area contributed by atoms with E-state index in [-0.39, 0.29) is 0 Å². The molecule has 2 aliphatic heterocycles. The molecule has 2 saturated heterocycles. The Kier molecular flexibility index (Phi) is 3.96. The minimum absolute atomic E-state index is 0.668. The summed E-state index contributed by atoms with van der Waals surface area (Å²) in [5, 5.41) is 0.674. The Labute approximate surface area is 120 Å². The van der Waals surface area contributed by atoms with Gasteiger partial charge in [0.2, 0.25) is 0 Å². The Balaban J connectivity index is 1.57. The van der Waals surface area contributed by atoms with Crippen molar-refractivity contribution < 1.29 is 0 Å². The fourth-order valence-corrected chi connectivity index (χ4v) is 3.49. The highest BCUT2D eigenvalue weighted by Crippen LogP contribution is 2.24. The Morgan fingerprint density at radius 1 is 1.21 bits per heavy atom. The van der Waals surface area contributed by atoms with Gasteiger partial charge in [-0.3, -0.25) is 9.80 Å². The average molecular weight is 280 g/mol. The van der Waals surface area contributed by atoms with Crippen molar-refractivity contribution in [3.05, 3.63) is 28.8 Å². The van der Waals surface area contributed by atoms with Gasteiger partial charge in [0.15, 0.2) is 0 Å². The van der Waals surface area contributed by atoms with Crippen molar-refractivity contribution in [2.75, 3.05) is 31.9 Å². The van der Waals surface area contributed by atoms with Crippen molar-refractivity contribution >= 4 is 17.3 Å². The molecule has 4 heteroatoms. The highest BCUT2D eigenvalue weighted by molar-refractivity contribution is 6.33. The minimum atomic E-state index is 0.668. The summed E-state index contributed by atoms with van der Waals surface area (Å²) in [5.41, 5.74) is 7.68. The maximum atomic E-state index is 6.08. The summed E-state index contributed by atoms with van der Waals surface area (Å²) < 4.78 is 0. The maximum Gasteiger partial charge on any atom is 0.0638 e. The van der Waals surface area contributed by atoms with E-state index in [0.717, 1.165) is 12.6 Å². The number of nitrogens with two attached hydrogens (primary N) is 1. The van der Waals surface area contributed by atoms with Crippen LogP contribution in [0.1, 0.15) is 24.8 Å². The van der Waals surface area contributed by atoms with Crippen LogP contribution < -0.4 is 5.73 Å². The van der Waals surface area contributed by atoms with Crippen molar-refractivity contribution in [2.45, 2.75) is 31.8 Å². The fraction of sp³-hybridized carbons (Fsp3) is 0.600. The van der Waals surface area contributed by atoms with Gasteiger partial charge in [0.05, 0.1) is 10.7 Å². The molecule has 3 nitrogen and oxygen atoms in total. The lowest BCUT2D eigenvalue weighted by molar-refractivity contribution is 0.230. The third kappa shape index (κ3) is 3.04. The van der Waals surface area contributed by atoms with Crippen LogP contribution in [-0.4, -0.2) is 42.0 Å². The van der Waals surface area contributed by atoms with Gasteiger partial charge in [-0.05, 0) is 50.0 Å². The van der Waals surface area contributed by atoms with E-state index in [9.17, 15) is 0 Å². The fourth-order valence-electron chi connectivity index (χ4n) is 3.29. The lowest BCUT2D eigenvalue weighted by Gasteiger charge is -2.23. The van der Waals surface area contributed by atoms with E-state index in [0.29, 0.717) is 10.7 Å². The predicted octanol–water partition coefficient (Wildman–Crippen LogP) is 2.59. The molecule has 0 saturated carbocycles. The lowest BCUT2D eigenvalue weighted by atomic mass is 10.2. The molecule has 1 unspecified atom stereocenters. The highest BCUT2D eigenvalue weighted by Gasteiger charge is 2.28. The largest absolute Gasteiger partial charge is 0.398 e. The zero-order valence-electron chi connectivity index (χ0n) is 11.3. The van der Waals surface area contributed by atoms with Crippen molar-refractivity contribution in [3.8, 4) is 0 Å². The zero-order valence-corrected chi connectivity index (χ0v) is 12.1. The molecule has 0 radical (unpaired) electrons. The second-order valence-corrected chi connectivity index (χ2v) is 6.18. The van der Waals surface area contributed by atoms with Gasteiger partial charge in [0.1, 0.15) is 0 Å². The molecule has 2 fully saturated rings. The van der Waals surface area contributed by atoms with E-state index in [1.165, 1.54) is 51.0 Å². The normalized spacial score (nSPS) is 25.2. The van der Waals surface area contributed by atoms with E-state index in [1.807, 2.05) is 12.1 Å². The third-order valence-electron chi connectivity index (χ3n) is 4.38. The highest BCUT2D eigenvalue weighted by atomic mass is 35.5. The number of hydrogen-bond acceptors (Lipinski definition) is 3. The Morgan fingerprint density at radius 3 is 2.74 bits per heavy atom. The Hall–Kier alpha value is -0.770. The SMILES string of the molecule is Nc1ccc(CN2CCC(N3CCCC3)C2)cc1Cl. The molecule has 0 amide bonds. The van der Waals surface area contributed by atoms with Gasteiger partial charge in [-0.25, -0.2) is 0 Å². The number of halogens is 1. The molecule has 0 spiro atoms. The van der Waals surface area contributed by atoms with Crippen LogP contribution in [-0.2, 0) is 6.54 Å². The van der Waals surface area contributed by atoms with E-state index in [4.69, 9.17) is 17.3 Å². The van der Waals surface area contributed by atoms with Crippen LogP contribution in [0.3, 0.4) is 0 Å². The third-order valence-corrected chi connectivity index (χ3v) is 4.70. The molecule has 1 atom stereocenters. The second kappa shape index (κ2) is 5.70. The molecule has 0 aromatic heterocycles. The molecular formula is C15H22ClN3. The van der Waals surface area contributed by atoms with Gasteiger partial charge in [-0.2, -0.15) is 0 Å². The number of nitrogen functional groups attached to an aromatic ring is 1. The Morgan fingerprint density at radius 2 is 2.00 bits per heavy atom. The lowest BCUT2D eigenvalue weighted by Crippen LogP contribution is -2.35. The molecule has 2 heterocycles. The van der Waals surface area contributed by atoms with Crippen LogP contribution in [0.5, 0.6) is 0 Å². The van der Waals surface area contributed by atoms with Gasteiger partial charge in [-0.1, -0.05) is 17.7 Å². The summed E-state index contributed by atoms with van der Waals surface area (Å²) >= 11 is 6.08. The molecule has 1 aromatic rings. The molecule has 19 heavy (non-hydrogen) atoms. The molecule has 104 valence electrons. The quantitative estimate of drug-likeness (QED) is 0.864. The number of nitrogens with zero attached hydrogens (tertiary/aromatic N) is 2. The van der Waals surface area contributed by atoms with Crippen molar-refractivity contribution in [2.24, 2.45) is 0 Å². The summed E-state index contributed by atoms with van der Waals surface area (Å²) in [4.78, 5) is 5.20. The van der Waals surface area contributed by atoms with E-state index in [1.54, 1.807) is 0 Å². The number of benzene rings is 1. The topological polar surface area (TPSA) is 32.5 Å². The van der Waals surface area contributed by atoms with Crippen LogP contribution in [0.15, 0.2) is 18.2 Å². The van der Waals surface area contributed by atoms with Gasteiger partial charge in [0, 0.05) is 25.7 Å². The molecule has 2 N–H and O–H groups in total. The minimum Gasteiger partial charge on any atom is -0.398 e. The second-order valence-electron chi connectivity index (χ2n) is 5.78. The molecule has 0 bridgehead atoms. The van der Waals surface area contributed by atoms with Crippen LogP contribution in [0, 0.1) is 0 Å². The Bertz CT molecular complexity index is 443. The molecule has 1 aromatic carbocycles. The maximum absolute atomic E-state index is 6.08. The first-order chi connectivity index (χ1) is 9.22. The molecule has 2 aliphatic rings. The van der Waals surface area contributed by atoms with Crippen LogP contribution in [0.2, 0.25) is 5.02 Å². The number of likely N-dealkylation sites (tertiary alicyclic amines) is 2. The van der Waals surface area contributed by atoms with Gasteiger partial charge >= 0.3 is 0 Å². The summed E-state index contributed by atoms with van der Waals surface area (Å²) in [6, 6.07) is 6.77. The van der Waals surface area contributed by atoms with E-state index < -0.39 is 0 Å². The zero-order chi connectivity index (χ0) is 13.2. The van der Waals surface area contributed by atoms with Gasteiger partial charge in [0.25, 0.3) is 0 Å². The monoisotopic (exact) mass is 279 g/mol. The molecular weight excluding hydrogens is 258 g/mol. The van der Waals surface area contributed by atoms with E-state index >= 15 is 0 Å². The first-order valence-electron chi connectivity index (χ1n) is 7.23. The van der Waals surface area contributed by atoms with Crippen LogP contribution >= 0.6 is 11.6 Å². The van der Waals surface area contributed by atoms with Crippen molar-refractivity contribution in [1.82, 2.24) is 9.80 Å². The summed E-state index contributed by atoms with van der Waals surface area (Å²) in [6.07, 6.45) is 4.07. The number of anilines is 1. The van der Waals surface area contributed by atoms with Gasteiger partial charge in [-0.15, -0.1) is 0 Å². The smallest absolute Gasteiger partial charge is 0.0638 e. The summed E-state index contributed by atoms with van der Waals surface area (Å²) in [7, 11) is 0. The standard InChI is InChI=1S/C15H22ClN3/c16-14-9-12(3-4-15(14)17)10-18-8-5-13(11-18)19-6-1-2-7-19/h3-4,9,13H,1-2,5-8,10-11,17H2. The molecule has 0 aliphatic carbocycles. The van der Waals surface area contributed by atoms with Crippen molar-refractivity contribution in [1.29, 1.82) is 0 Å². The summed E-state index contributed by atoms with van der Waals surface area (Å²) in [5.74, 6) is 0. The number of hydrogen-bond donors (Lipinski definition) is 1. The summed E-state index contributed by atoms with van der Waals surface area (Å²) in [6.45, 7) is 5.98. The average Bonchev–Trinajstić information content (AvgIpc) is 3.04. The first-order valence-corrected chi connectivity index (χ1v) is 7.60.